The van der Waals surface area contributed by atoms with E-state index in [2.05, 4.69) is 0 Å². The highest BCUT2D eigenvalue weighted by Gasteiger charge is 2.24. The molecule has 0 unspecified atom stereocenters. The molecule has 1 aromatic carbocycles. The molecule has 14 heavy (non-hydrogen) atoms. The molecule has 1 aliphatic rings. The van der Waals surface area contributed by atoms with Gasteiger partial charge in [0.1, 0.15) is 5.75 Å². The second kappa shape index (κ2) is 3.33. The normalized spacial score (nSPS) is 15.2. The molecule has 0 aromatic heterocycles. The highest BCUT2D eigenvalue weighted by Crippen LogP contribution is 2.30. The average Bonchev–Trinajstić information content (AvgIpc) is 2.92. The van der Waals surface area contributed by atoms with Crippen molar-refractivity contribution >= 4 is 5.97 Å². The Bertz CT molecular complexity index is 367. The molecule has 2 rings (SSSR count). The molecule has 1 aliphatic carbocycles. The van der Waals surface area contributed by atoms with Crippen LogP contribution in [0.5, 0.6) is 5.75 Å². The standard InChI is InChI=1S/C11H12O3/c1-7-9(11(12)13)3-2-4-10(7)14-8-5-6-8/h2-4,8H,5-6H2,1H3,(H,12,13). The zero-order valence-corrected chi connectivity index (χ0v) is 7.99. The summed E-state index contributed by atoms with van der Waals surface area (Å²) in [6.45, 7) is 1.78. The van der Waals surface area contributed by atoms with Gasteiger partial charge in [-0.2, -0.15) is 0 Å². The Labute approximate surface area is 82.3 Å². The van der Waals surface area contributed by atoms with E-state index in [1.807, 2.05) is 6.07 Å². The van der Waals surface area contributed by atoms with E-state index in [0.29, 0.717) is 23.0 Å². The maximum Gasteiger partial charge on any atom is 0.336 e. The summed E-state index contributed by atoms with van der Waals surface area (Å²) >= 11 is 0. The SMILES string of the molecule is Cc1c(OC2CC2)cccc1C(=O)O. The Morgan fingerprint density at radius 1 is 1.50 bits per heavy atom. The van der Waals surface area contributed by atoms with Crippen LogP contribution in [0.15, 0.2) is 18.2 Å². The summed E-state index contributed by atoms with van der Waals surface area (Å²) in [7, 11) is 0. The fourth-order valence-corrected chi connectivity index (χ4v) is 1.34. The minimum absolute atomic E-state index is 0.303. The first-order valence-corrected chi connectivity index (χ1v) is 4.68. The van der Waals surface area contributed by atoms with Crippen LogP contribution in [0.4, 0.5) is 0 Å². The van der Waals surface area contributed by atoms with E-state index in [-0.39, 0.29) is 0 Å². The fraction of sp³-hybridized carbons (Fsp3) is 0.364. The molecule has 0 radical (unpaired) electrons. The lowest BCUT2D eigenvalue weighted by atomic mass is 10.1. The van der Waals surface area contributed by atoms with Gasteiger partial charge in [-0.3, -0.25) is 0 Å². The zero-order valence-electron chi connectivity index (χ0n) is 7.99. The van der Waals surface area contributed by atoms with E-state index in [0.717, 1.165) is 12.8 Å². The largest absolute Gasteiger partial charge is 0.490 e. The van der Waals surface area contributed by atoms with Gasteiger partial charge in [0, 0.05) is 5.56 Å². The van der Waals surface area contributed by atoms with Crippen molar-refractivity contribution in [1.82, 2.24) is 0 Å². The van der Waals surface area contributed by atoms with E-state index >= 15 is 0 Å². The van der Waals surface area contributed by atoms with Gasteiger partial charge < -0.3 is 9.84 Å². The van der Waals surface area contributed by atoms with Gasteiger partial charge in [0.2, 0.25) is 0 Å². The minimum Gasteiger partial charge on any atom is -0.490 e. The van der Waals surface area contributed by atoms with E-state index in [9.17, 15) is 4.79 Å². The predicted molar refractivity (Wildman–Crippen MR) is 51.8 cm³/mol. The van der Waals surface area contributed by atoms with Crippen molar-refractivity contribution in [1.29, 1.82) is 0 Å². The van der Waals surface area contributed by atoms with Gasteiger partial charge in [-0.1, -0.05) is 6.07 Å². The van der Waals surface area contributed by atoms with Crippen LogP contribution in [-0.4, -0.2) is 17.2 Å². The Balaban J connectivity index is 2.30. The molecule has 1 fully saturated rings. The number of carboxylic acid groups (broad SMARTS) is 1. The van der Waals surface area contributed by atoms with Crippen LogP contribution < -0.4 is 4.74 Å². The van der Waals surface area contributed by atoms with Gasteiger partial charge in [-0.25, -0.2) is 4.79 Å². The molecule has 0 saturated heterocycles. The smallest absolute Gasteiger partial charge is 0.336 e. The second-order valence-electron chi connectivity index (χ2n) is 3.55. The molecule has 0 aliphatic heterocycles. The molecule has 3 heteroatoms. The third kappa shape index (κ3) is 1.71. The highest BCUT2D eigenvalue weighted by atomic mass is 16.5. The molecule has 1 saturated carbocycles. The third-order valence-corrected chi connectivity index (χ3v) is 2.33. The molecule has 0 heterocycles. The van der Waals surface area contributed by atoms with E-state index < -0.39 is 5.97 Å². The van der Waals surface area contributed by atoms with Gasteiger partial charge in [0.25, 0.3) is 0 Å². The summed E-state index contributed by atoms with van der Waals surface area (Å²) in [5.41, 5.74) is 1.04. The van der Waals surface area contributed by atoms with Crippen molar-refractivity contribution in [2.75, 3.05) is 0 Å². The number of aromatic carboxylic acids is 1. The molecule has 3 nitrogen and oxygen atoms in total. The molecule has 74 valence electrons. The Kier molecular flexibility index (Phi) is 2.15. The summed E-state index contributed by atoms with van der Waals surface area (Å²) in [6, 6.07) is 5.13. The van der Waals surface area contributed by atoms with Crippen molar-refractivity contribution < 1.29 is 14.6 Å². The van der Waals surface area contributed by atoms with Gasteiger partial charge in [0.15, 0.2) is 0 Å². The summed E-state index contributed by atoms with van der Waals surface area (Å²) < 4.78 is 5.58. The number of ether oxygens (including phenoxy) is 1. The summed E-state index contributed by atoms with van der Waals surface area (Å²) in [6.07, 6.45) is 2.46. The van der Waals surface area contributed by atoms with Crippen LogP contribution in [0.2, 0.25) is 0 Å². The van der Waals surface area contributed by atoms with Gasteiger partial charge in [-0.05, 0) is 31.9 Å². The van der Waals surface area contributed by atoms with Gasteiger partial charge >= 0.3 is 5.97 Å². The Morgan fingerprint density at radius 3 is 2.79 bits per heavy atom. The monoisotopic (exact) mass is 192 g/mol. The van der Waals surface area contributed by atoms with Crippen molar-refractivity contribution in [3.63, 3.8) is 0 Å². The number of hydrogen-bond donors (Lipinski definition) is 1. The first kappa shape index (κ1) is 9.06. The summed E-state index contributed by atoms with van der Waals surface area (Å²) in [4.78, 5) is 10.8. The quantitative estimate of drug-likeness (QED) is 0.798. The molecule has 0 bridgehead atoms. The average molecular weight is 192 g/mol. The summed E-state index contributed by atoms with van der Waals surface area (Å²) in [5, 5.41) is 8.88. The van der Waals surface area contributed by atoms with E-state index in [4.69, 9.17) is 9.84 Å². The van der Waals surface area contributed by atoms with Crippen molar-refractivity contribution in [2.45, 2.75) is 25.9 Å². The number of hydrogen-bond acceptors (Lipinski definition) is 2. The Hall–Kier alpha value is -1.51. The van der Waals surface area contributed by atoms with Crippen molar-refractivity contribution in [3.8, 4) is 5.75 Å². The topological polar surface area (TPSA) is 46.5 Å². The minimum atomic E-state index is -0.899. The number of carboxylic acids is 1. The maximum absolute atomic E-state index is 10.8. The van der Waals surface area contributed by atoms with E-state index in [1.54, 1.807) is 19.1 Å². The molecule has 1 aromatic rings. The molecule has 0 atom stereocenters. The maximum atomic E-state index is 10.8. The fourth-order valence-electron chi connectivity index (χ4n) is 1.34. The van der Waals surface area contributed by atoms with Gasteiger partial charge in [-0.15, -0.1) is 0 Å². The lowest BCUT2D eigenvalue weighted by molar-refractivity contribution is 0.0695. The van der Waals surface area contributed by atoms with Crippen LogP contribution in [0, 0.1) is 6.92 Å². The van der Waals surface area contributed by atoms with Crippen LogP contribution in [0.25, 0.3) is 0 Å². The molecular weight excluding hydrogens is 180 g/mol. The molecule has 0 spiro atoms. The highest BCUT2D eigenvalue weighted by molar-refractivity contribution is 5.90. The predicted octanol–water partition coefficient (Wildman–Crippen LogP) is 2.23. The molecule has 1 N–H and O–H groups in total. The second-order valence-corrected chi connectivity index (χ2v) is 3.55. The third-order valence-electron chi connectivity index (χ3n) is 2.33. The van der Waals surface area contributed by atoms with Crippen molar-refractivity contribution in [3.05, 3.63) is 29.3 Å². The van der Waals surface area contributed by atoms with Crippen LogP contribution in [0.1, 0.15) is 28.8 Å². The van der Waals surface area contributed by atoms with Crippen molar-refractivity contribution in [2.24, 2.45) is 0 Å². The van der Waals surface area contributed by atoms with Crippen LogP contribution in [0.3, 0.4) is 0 Å². The first-order chi connectivity index (χ1) is 6.68. The van der Waals surface area contributed by atoms with Crippen LogP contribution in [-0.2, 0) is 0 Å². The molecule has 0 amide bonds. The lowest BCUT2D eigenvalue weighted by Crippen LogP contribution is -2.03. The molecular formula is C11H12O3. The van der Waals surface area contributed by atoms with Gasteiger partial charge in [0.05, 0.1) is 11.7 Å². The van der Waals surface area contributed by atoms with Crippen LogP contribution >= 0.6 is 0 Å². The lowest BCUT2D eigenvalue weighted by Gasteiger charge is -2.09. The summed E-state index contributed by atoms with van der Waals surface area (Å²) in [5.74, 6) is -0.198. The number of benzene rings is 1. The Morgan fingerprint density at radius 2 is 2.21 bits per heavy atom. The number of carbonyl (C=O) groups is 1. The number of rotatable bonds is 3. The van der Waals surface area contributed by atoms with E-state index in [1.165, 1.54) is 0 Å². The first-order valence-electron chi connectivity index (χ1n) is 4.68. The zero-order chi connectivity index (χ0) is 10.1.